The maximum atomic E-state index is 9.71. The molecule has 0 unspecified atom stereocenters. The van der Waals surface area contributed by atoms with Crippen molar-refractivity contribution in [2.75, 3.05) is 11.1 Å². The number of nitrogens with zero attached hydrogens (tertiary/aromatic N) is 1. The van der Waals surface area contributed by atoms with Crippen LogP contribution in [0.3, 0.4) is 0 Å². The summed E-state index contributed by atoms with van der Waals surface area (Å²) >= 11 is 6.37. The molecule has 18 heavy (non-hydrogen) atoms. The smallest absolute Gasteiger partial charge is 0.308 e. The minimum atomic E-state index is -3.66. The van der Waals surface area contributed by atoms with E-state index in [2.05, 4.69) is 0 Å². The molecular formula is C11H18NO3PS2. The molecule has 0 spiro atoms. The maximum Gasteiger partial charge on any atom is 0.308 e. The summed E-state index contributed by atoms with van der Waals surface area (Å²) < 4.78 is 0. The van der Waals surface area contributed by atoms with Gasteiger partial charge in [-0.25, -0.2) is 0 Å². The van der Waals surface area contributed by atoms with Gasteiger partial charge in [-0.2, -0.15) is 4.83 Å². The number of rotatable bonds is 5. The first kappa shape index (κ1) is 16.0. The monoisotopic (exact) mass is 307 g/mol. The summed E-state index contributed by atoms with van der Waals surface area (Å²) in [5.41, 5.74) is 1.48. The van der Waals surface area contributed by atoms with E-state index in [0.29, 0.717) is 5.69 Å². The largest absolute Gasteiger partial charge is 0.328 e. The van der Waals surface area contributed by atoms with E-state index >= 15 is 0 Å². The number of anilines is 1. The van der Waals surface area contributed by atoms with E-state index in [1.807, 2.05) is 39.2 Å². The second-order valence-electron chi connectivity index (χ2n) is 4.09. The normalized spacial score (nSPS) is 11.9. The van der Waals surface area contributed by atoms with Crippen LogP contribution in [0.4, 0.5) is 5.69 Å². The van der Waals surface area contributed by atoms with Crippen molar-refractivity contribution < 1.29 is 14.6 Å². The van der Waals surface area contributed by atoms with Crippen molar-refractivity contribution in [1.29, 1.82) is 0 Å². The van der Waals surface area contributed by atoms with Gasteiger partial charge in [0, 0.05) is 4.90 Å². The predicted molar refractivity (Wildman–Crippen MR) is 80.4 cm³/mol. The highest BCUT2D eigenvalue weighted by atomic mass is 32.5. The lowest BCUT2D eigenvalue weighted by Gasteiger charge is -2.30. The van der Waals surface area contributed by atoms with Crippen molar-refractivity contribution >= 4 is 35.9 Å². The van der Waals surface area contributed by atoms with Crippen LogP contribution in [0.1, 0.15) is 19.4 Å². The lowest BCUT2D eigenvalue weighted by molar-refractivity contribution is 0.0836. The molecule has 0 radical (unpaired) electrons. The summed E-state index contributed by atoms with van der Waals surface area (Å²) in [4.78, 5) is 27.0. The zero-order valence-electron chi connectivity index (χ0n) is 10.8. The Kier molecular flexibility index (Phi) is 5.65. The van der Waals surface area contributed by atoms with Gasteiger partial charge in [-0.05, 0) is 62.6 Å². The fraction of sp³-hybridized carbons (Fsp3) is 0.455. The number of hydrogen-bond donors (Lipinski definition) is 2. The molecule has 1 rings (SSSR count). The Balaban J connectivity index is 3.17. The van der Waals surface area contributed by atoms with Crippen LogP contribution in [0.2, 0.25) is 0 Å². The van der Waals surface area contributed by atoms with Gasteiger partial charge in [0.05, 0.1) is 11.8 Å². The zero-order valence-corrected chi connectivity index (χ0v) is 13.4. The molecule has 7 heteroatoms. The molecule has 1 aromatic rings. The third-order valence-electron chi connectivity index (χ3n) is 2.16. The molecule has 0 saturated carbocycles. The van der Waals surface area contributed by atoms with Crippen LogP contribution in [-0.4, -0.2) is 22.1 Å². The molecule has 0 aliphatic heterocycles. The molecule has 0 bridgehead atoms. The van der Waals surface area contributed by atoms with Crippen LogP contribution >= 0.6 is 18.4 Å². The third-order valence-corrected chi connectivity index (χ3v) is 4.11. The van der Waals surface area contributed by atoms with E-state index < -0.39 is 6.64 Å². The van der Waals surface area contributed by atoms with Crippen molar-refractivity contribution in [3.63, 3.8) is 0 Å². The summed E-state index contributed by atoms with van der Waals surface area (Å²) in [6, 6.07) is 5.65. The Morgan fingerprint density at radius 1 is 1.39 bits per heavy atom. The van der Waals surface area contributed by atoms with Crippen molar-refractivity contribution in [2.45, 2.75) is 31.8 Å². The highest BCUT2D eigenvalue weighted by molar-refractivity contribution is 8.09. The van der Waals surface area contributed by atoms with Gasteiger partial charge in [0.25, 0.3) is 0 Å². The summed E-state index contributed by atoms with van der Waals surface area (Å²) in [5.74, 6) is 0. The van der Waals surface area contributed by atoms with E-state index in [4.69, 9.17) is 16.6 Å². The number of aryl methyl sites for hydroxylation is 1. The first-order valence-electron chi connectivity index (χ1n) is 5.43. The van der Waals surface area contributed by atoms with Crippen LogP contribution in [0.5, 0.6) is 0 Å². The van der Waals surface area contributed by atoms with E-state index in [1.54, 1.807) is 17.8 Å². The highest BCUT2D eigenvalue weighted by Crippen LogP contribution is 2.46. The lowest BCUT2D eigenvalue weighted by atomic mass is 10.2. The average molecular weight is 307 g/mol. The Hall–Kier alpha value is -0.100. The van der Waals surface area contributed by atoms with Gasteiger partial charge in [-0.1, -0.05) is 0 Å². The number of benzene rings is 1. The van der Waals surface area contributed by atoms with E-state index in [9.17, 15) is 9.79 Å². The van der Waals surface area contributed by atoms with E-state index in [0.717, 1.165) is 15.3 Å². The lowest BCUT2D eigenvalue weighted by Crippen LogP contribution is -2.24. The molecule has 0 aliphatic carbocycles. The second kappa shape index (κ2) is 6.37. The van der Waals surface area contributed by atoms with Crippen molar-refractivity contribution in [1.82, 2.24) is 0 Å². The molecule has 0 amide bonds. The molecule has 0 aromatic heterocycles. The first-order valence-corrected chi connectivity index (χ1v) is 9.31. The summed E-state index contributed by atoms with van der Waals surface area (Å²) in [6.07, 6.45) is 1.80. The Bertz CT molecular complexity index is 462. The van der Waals surface area contributed by atoms with E-state index in [-0.39, 0.29) is 6.10 Å². The van der Waals surface area contributed by atoms with Crippen LogP contribution < -0.4 is 4.83 Å². The minimum absolute atomic E-state index is 0.189. The van der Waals surface area contributed by atoms with E-state index in [1.165, 1.54) is 0 Å². The molecule has 0 aliphatic rings. The van der Waals surface area contributed by atoms with Crippen molar-refractivity contribution in [3.05, 3.63) is 23.8 Å². The van der Waals surface area contributed by atoms with Crippen LogP contribution in [0, 0.1) is 6.92 Å². The van der Waals surface area contributed by atoms with Gasteiger partial charge in [0.1, 0.15) is 0 Å². The Labute approximate surface area is 117 Å². The summed E-state index contributed by atoms with van der Waals surface area (Å²) in [5, 5.41) is 0. The zero-order chi connectivity index (χ0) is 13.9. The molecule has 4 nitrogen and oxygen atoms in total. The predicted octanol–water partition coefficient (Wildman–Crippen LogP) is 3.07. The fourth-order valence-corrected chi connectivity index (χ4v) is 3.12. The van der Waals surface area contributed by atoms with Crippen LogP contribution in [0.25, 0.3) is 0 Å². The SMILES string of the molecule is CSc1ccc(N(OC(C)C)P(O)(O)=S)c(C)c1. The van der Waals surface area contributed by atoms with Crippen molar-refractivity contribution in [2.24, 2.45) is 0 Å². The van der Waals surface area contributed by atoms with Gasteiger partial charge < -0.3 is 9.79 Å². The molecule has 0 heterocycles. The molecule has 0 saturated heterocycles. The van der Waals surface area contributed by atoms with Gasteiger partial charge in [-0.15, -0.1) is 11.8 Å². The van der Waals surface area contributed by atoms with Crippen molar-refractivity contribution in [3.8, 4) is 0 Å². The molecule has 2 N–H and O–H groups in total. The summed E-state index contributed by atoms with van der Waals surface area (Å²) in [7, 11) is 0. The average Bonchev–Trinajstić information content (AvgIpc) is 2.24. The Morgan fingerprint density at radius 3 is 2.39 bits per heavy atom. The third kappa shape index (κ3) is 4.23. The van der Waals surface area contributed by atoms with Crippen LogP contribution in [0.15, 0.2) is 23.1 Å². The molecule has 0 atom stereocenters. The highest BCUT2D eigenvalue weighted by Gasteiger charge is 2.25. The number of hydrogen-bond acceptors (Lipinski definition) is 3. The first-order chi connectivity index (χ1) is 8.25. The quantitative estimate of drug-likeness (QED) is 0.495. The minimum Gasteiger partial charge on any atom is -0.328 e. The standard InChI is InChI=1S/C11H18NO3PS2/c1-8(2)15-12(16(13,14)17)11-6-5-10(18-4)7-9(11)3/h5-8H,1-4H3,(H2,13,14,17). The van der Waals surface area contributed by atoms with Gasteiger partial charge in [0.15, 0.2) is 0 Å². The maximum absolute atomic E-state index is 9.71. The summed E-state index contributed by atoms with van der Waals surface area (Å²) in [6.45, 7) is 1.84. The van der Waals surface area contributed by atoms with Crippen LogP contribution in [-0.2, 0) is 16.6 Å². The van der Waals surface area contributed by atoms with Gasteiger partial charge in [-0.3, -0.25) is 4.84 Å². The number of thioether (sulfide) groups is 1. The topological polar surface area (TPSA) is 52.9 Å². The second-order valence-corrected chi connectivity index (χ2v) is 7.83. The molecule has 0 fully saturated rings. The van der Waals surface area contributed by atoms with Gasteiger partial charge >= 0.3 is 6.64 Å². The Morgan fingerprint density at radius 2 is 2.00 bits per heavy atom. The molecular weight excluding hydrogens is 289 g/mol. The molecule has 102 valence electrons. The van der Waals surface area contributed by atoms with Gasteiger partial charge in [0.2, 0.25) is 0 Å². The fourth-order valence-electron chi connectivity index (χ4n) is 1.43. The molecule has 1 aromatic carbocycles.